The molecule has 1 N–H and O–H groups in total. The second kappa shape index (κ2) is 4.55. The maximum atomic E-state index is 4.33. The van der Waals surface area contributed by atoms with E-state index in [9.17, 15) is 0 Å². The molecule has 0 saturated carbocycles. The highest BCUT2D eigenvalue weighted by Crippen LogP contribution is 2.47. The molecule has 2 aromatic rings. The van der Waals surface area contributed by atoms with Crippen molar-refractivity contribution >= 4 is 34.3 Å². The molecule has 1 aliphatic rings. The lowest BCUT2D eigenvalue weighted by Crippen LogP contribution is -2.03. The topological polar surface area (TPSA) is 24.4 Å². The van der Waals surface area contributed by atoms with Gasteiger partial charge in [-0.1, -0.05) is 18.2 Å². The van der Waals surface area contributed by atoms with Crippen molar-refractivity contribution in [1.82, 2.24) is 0 Å². The number of aliphatic imine (C=N–C) groups is 1. The molecule has 0 radical (unpaired) electrons. The van der Waals surface area contributed by atoms with E-state index in [0.717, 1.165) is 6.54 Å². The van der Waals surface area contributed by atoms with Crippen molar-refractivity contribution in [2.24, 2.45) is 4.99 Å². The Balaban J connectivity index is 2.16. The van der Waals surface area contributed by atoms with Gasteiger partial charge in [-0.25, -0.2) is 0 Å². The van der Waals surface area contributed by atoms with Crippen LogP contribution in [0.2, 0.25) is 0 Å². The molecule has 0 bridgehead atoms. The number of nitrogens with zero attached hydrogens (tertiary/aromatic N) is 1. The summed E-state index contributed by atoms with van der Waals surface area (Å²) < 4.78 is 0. The minimum Gasteiger partial charge on any atom is -0.341 e. The standard InChI is InChI=1S/C13H13N2S2/c1-16-11-8-17(10-5-3-2-4-6-10)12-7-14-9-15-13(11)12/h2-6,8-9H,7H2,1H3,(H,14,15)/q+1. The van der Waals surface area contributed by atoms with Crippen LogP contribution in [0.1, 0.15) is 4.88 Å². The first-order valence-corrected chi connectivity index (χ1v) is 7.93. The summed E-state index contributed by atoms with van der Waals surface area (Å²) in [5.41, 5.74) is 1.28. The summed E-state index contributed by atoms with van der Waals surface area (Å²) in [4.78, 5) is 8.48. The number of fused-ring (bicyclic) bond motifs is 1. The van der Waals surface area contributed by atoms with Gasteiger partial charge in [0.1, 0.15) is 12.2 Å². The van der Waals surface area contributed by atoms with Crippen LogP contribution >= 0.6 is 22.2 Å². The number of thioether (sulfide) groups is 1. The maximum absolute atomic E-state index is 4.33. The van der Waals surface area contributed by atoms with Crippen LogP contribution in [-0.4, -0.2) is 12.6 Å². The minimum absolute atomic E-state index is 0.0834. The number of benzene rings is 1. The molecule has 1 aromatic heterocycles. The zero-order chi connectivity index (χ0) is 11.7. The fraction of sp³-hybridized carbons (Fsp3) is 0.154. The van der Waals surface area contributed by atoms with E-state index in [1.54, 1.807) is 18.1 Å². The van der Waals surface area contributed by atoms with Crippen molar-refractivity contribution in [3.05, 3.63) is 40.6 Å². The number of rotatable bonds is 2. The maximum Gasteiger partial charge on any atom is 0.202 e. The molecule has 2 heterocycles. The van der Waals surface area contributed by atoms with E-state index in [1.807, 2.05) is 0 Å². The number of hydrogen-bond donors (Lipinski definition) is 1. The molecule has 2 nitrogen and oxygen atoms in total. The predicted molar refractivity (Wildman–Crippen MR) is 77.9 cm³/mol. The van der Waals surface area contributed by atoms with Crippen LogP contribution in [-0.2, 0) is 6.54 Å². The van der Waals surface area contributed by atoms with Gasteiger partial charge in [0.2, 0.25) is 4.88 Å². The molecule has 1 unspecified atom stereocenters. The van der Waals surface area contributed by atoms with Crippen LogP contribution in [0.15, 0.2) is 45.6 Å². The van der Waals surface area contributed by atoms with Crippen molar-refractivity contribution < 1.29 is 0 Å². The minimum atomic E-state index is 0.0834. The van der Waals surface area contributed by atoms with Crippen LogP contribution in [0.25, 0.3) is 4.90 Å². The summed E-state index contributed by atoms with van der Waals surface area (Å²) in [5.74, 6) is 0. The van der Waals surface area contributed by atoms with Crippen molar-refractivity contribution in [2.45, 2.75) is 11.4 Å². The lowest BCUT2D eigenvalue weighted by atomic mass is 10.3. The number of nitrogens with one attached hydrogen (secondary N) is 1. The third-order valence-corrected chi connectivity index (χ3v) is 5.79. The lowest BCUT2D eigenvalue weighted by Gasteiger charge is -2.05. The first-order chi connectivity index (χ1) is 8.40. The molecule has 0 amide bonds. The molecular weight excluding hydrogens is 248 g/mol. The fourth-order valence-electron chi connectivity index (χ4n) is 1.95. The molecule has 0 fully saturated rings. The van der Waals surface area contributed by atoms with Crippen LogP contribution in [0.4, 0.5) is 5.69 Å². The molecule has 3 rings (SSSR count). The van der Waals surface area contributed by atoms with Gasteiger partial charge in [0.05, 0.1) is 11.2 Å². The van der Waals surface area contributed by atoms with E-state index in [-0.39, 0.29) is 10.5 Å². The average Bonchev–Trinajstić information content (AvgIpc) is 2.78. The van der Waals surface area contributed by atoms with Gasteiger partial charge in [0.15, 0.2) is 10.3 Å². The number of thiophene rings is 1. The summed E-state index contributed by atoms with van der Waals surface area (Å²) in [6, 6.07) is 10.7. The van der Waals surface area contributed by atoms with Gasteiger partial charge in [0.25, 0.3) is 0 Å². The van der Waals surface area contributed by atoms with Crippen molar-refractivity contribution in [2.75, 3.05) is 11.6 Å². The Bertz CT molecular complexity index is 558. The highest BCUT2D eigenvalue weighted by atomic mass is 32.2. The van der Waals surface area contributed by atoms with E-state index in [0.29, 0.717) is 0 Å². The summed E-state index contributed by atoms with van der Waals surface area (Å²) >= 11 is 1.80. The second-order valence-electron chi connectivity index (χ2n) is 3.75. The Labute approximate surface area is 108 Å². The van der Waals surface area contributed by atoms with Gasteiger partial charge in [-0.3, -0.25) is 4.99 Å². The molecule has 0 spiro atoms. The van der Waals surface area contributed by atoms with E-state index in [1.165, 1.54) is 20.4 Å². The molecule has 1 aromatic carbocycles. The van der Waals surface area contributed by atoms with Crippen molar-refractivity contribution in [3.63, 3.8) is 0 Å². The molecule has 0 aliphatic carbocycles. The van der Waals surface area contributed by atoms with Crippen molar-refractivity contribution in [3.8, 4) is 4.90 Å². The van der Waals surface area contributed by atoms with Crippen LogP contribution in [0.3, 0.4) is 0 Å². The van der Waals surface area contributed by atoms with Gasteiger partial charge < -0.3 is 5.32 Å². The summed E-state index contributed by atoms with van der Waals surface area (Å²) in [6.07, 6.45) is 3.93. The van der Waals surface area contributed by atoms with Crippen LogP contribution < -0.4 is 5.32 Å². The third kappa shape index (κ3) is 1.87. The molecule has 0 saturated heterocycles. The molecule has 4 heteroatoms. The Hall–Kier alpha value is -1.26. The van der Waals surface area contributed by atoms with Crippen LogP contribution in [0.5, 0.6) is 0 Å². The summed E-state index contributed by atoms with van der Waals surface area (Å²) in [5, 5.41) is 5.65. The molecular formula is C13H13N2S2+. The Morgan fingerprint density at radius 1 is 1.29 bits per heavy atom. The van der Waals surface area contributed by atoms with Crippen molar-refractivity contribution in [1.29, 1.82) is 0 Å². The monoisotopic (exact) mass is 261 g/mol. The highest BCUT2D eigenvalue weighted by molar-refractivity contribution is 7.99. The van der Waals surface area contributed by atoms with Gasteiger partial charge >= 0.3 is 0 Å². The lowest BCUT2D eigenvalue weighted by molar-refractivity contribution is 1.09. The second-order valence-corrected chi connectivity index (χ2v) is 6.47. The molecule has 1 atom stereocenters. The summed E-state index contributed by atoms with van der Waals surface area (Å²) in [6.45, 7) is 0.820. The van der Waals surface area contributed by atoms with Gasteiger partial charge in [-0.2, -0.15) is 0 Å². The smallest absolute Gasteiger partial charge is 0.202 e. The zero-order valence-corrected chi connectivity index (χ0v) is 11.1. The van der Waals surface area contributed by atoms with E-state index >= 15 is 0 Å². The Morgan fingerprint density at radius 3 is 2.88 bits per heavy atom. The van der Waals surface area contributed by atoms with Gasteiger partial charge in [-0.05, 0) is 18.4 Å². The number of anilines is 1. The predicted octanol–water partition coefficient (Wildman–Crippen LogP) is 4.10. The van der Waals surface area contributed by atoms with E-state index in [4.69, 9.17) is 0 Å². The Morgan fingerprint density at radius 2 is 2.12 bits per heavy atom. The first kappa shape index (κ1) is 10.9. The normalized spacial score (nSPS) is 14.3. The highest BCUT2D eigenvalue weighted by Gasteiger charge is 2.27. The zero-order valence-electron chi connectivity index (χ0n) is 9.51. The fourth-order valence-corrected chi connectivity index (χ4v) is 5.02. The van der Waals surface area contributed by atoms with Crippen LogP contribution in [0, 0.1) is 0 Å². The molecule has 86 valence electrons. The SMILES string of the molecule is CSc1c[s+](-c2ccccc2)c2c1NC=NC2. The molecule has 1 aliphatic heterocycles. The first-order valence-electron chi connectivity index (χ1n) is 5.42. The van der Waals surface area contributed by atoms with E-state index < -0.39 is 0 Å². The number of hydrogen-bond acceptors (Lipinski definition) is 3. The average molecular weight is 261 g/mol. The van der Waals surface area contributed by atoms with Gasteiger partial charge in [-0.15, -0.1) is 11.8 Å². The third-order valence-electron chi connectivity index (χ3n) is 2.77. The van der Waals surface area contributed by atoms with Gasteiger partial charge in [0, 0.05) is 10.5 Å². The van der Waals surface area contributed by atoms with E-state index in [2.05, 4.69) is 52.3 Å². The molecule has 17 heavy (non-hydrogen) atoms. The largest absolute Gasteiger partial charge is 0.341 e. The Kier molecular flexibility index (Phi) is 2.91. The summed E-state index contributed by atoms with van der Waals surface area (Å²) in [7, 11) is 0.0834. The quantitative estimate of drug-likeness (QED) is 0.650.